The van der Waals surface area contributed by atoms with Crippen LogP contribution in [0.5, 0.6) is 11.5 Å². The second-order valence-electron chi connectivity index (χ2n) is 7.68. The Morgan fingerprint density at radius 2 is 1.60 bits per heavy atom. The van der Waals surface area contributed by atoms with E-state index in [-0.39, 0.29) is 12.2 Å². The highest BCUT2D eigenvalue weighted by Gasteiger charge is 2.30. The number of rotatable bonds is 5. The molecule has 0 radical (unpaired) electrons. The molecule has 0 aliphatic heterocycles. The minimum Gasteiger partial charge on any atom is -0.453 e. The number of hydrogen-bond donors (Lipinski definition) is 0. The molecule has 0 saturated heterocycles. The largest absolute Gasteiger partial charge is 0.453 e. The number of ether oxygens (including phenoxy) is 1. The third kappa shape index (κ3) is 4.63. The lowest BCUT2D eigenvalue weighted by atomic mass is 10.1. The first-order valence-electron chi connectivity index (χ1n) is 10.4. The summed E-state index contributed by atoms with van der Waals surface area (Å²) in [4.78, 5) is 13.0. The number of halogens is 4. The molecule has 0 aliphatic rings. The van der Waals surface area contributed by atoms with E-state index in [0.717, 1.165) is 26.9 Å². The Bertz CT molecular complexity index is 1550. The van der Waals surface area contributed by atoms with Crippen molar-refractivity contribution in [3.63, 3.8) is 0 Å². The van der Waals surface area contributed by atoms with Gasteiger partial charge in [0.15, 0.2) is 5.75 Å². The third-order valence-electron chi connectivity index (χ3n) is 5.30. The van der Waals surface area contributed by atoms with E-state index < -0.39 is 17.4 Å². The van der Waals surface area contributed by atoms with E-state index in [1.807, 2.05) is 18.2 Å². The van der Waals surface area contributed by atoms with Crippen molar-refractivity contribution in [3.8, 4) is 22.6 Å². The molecule has 2 aromatic heterocycles. The van der Waals surface area contributed by atoms with E-state index in [1.165, 1.54) is 18.3 Å². The summed E-state index contributed by atoms with van der Waals surface area (Å²) in [6, 6.07) is 20.6. The maximum Gasteiger partial charge on any atom is 0.416 e. The van der Waals surface area contributed by atoms with Crippen molar-refractivity contribution in [1.29, 1.82) is 0 Å². The van der Waals surface area contributed by atoms with E-state index >= 15 is 0 Å². The highest BCUT2D eigenvalue weighted by molar-refractivity contribution is 6.30. The summed E-state index contributed by atoms with van der Waals surface area (Å²) in [5, 5.41) is 9.22. The molecular weight excluding hydrogens is 481 g/mol. The maximum absolute atomic E-state index is 13.0. The van der Waals surface area contributed by atoms with Gasteiger partial charge in [0.05, 0.1) is 18.3 Å². The molecule has 10 heteroatoms. The van der Waals surface area contributed by atoms with Gasteiger partial charge in [0.25, 0.3) is 0 Å². The number of nitrogens with zero attached hydrogens (tertiary/aromatic N) is 4. The molecule has 0 N–H and O–H groups in total. The molecule has 176 valence electrons. The standard InChI is InChI=1S/C25H16ClF3N4O2/c26-19-12-8-17(9-13-19)21-14-30-33-23(22(21)35-20-4-2-1-3-5-20)31-32(24(33)34)15-16-6-10-18(11-7-16)25(27,28)29/h1-14H,15H2. The summed E-state index contributed by atoms with van der Waals surface area (Å²) in [5.41, 5.74) is 0.659. The van der Waals surface area contributed by atoms with Crippen LogP contribution >= 0.6 is 11.6 Å². The Morgan fingerprint density at radius 1 is 0.914 bits per heavy atom. The van der Waals surface area contributed by atoms with E-state index in [0.29, 0.717) is 27.6 Å². The van der Waals surface area contributed by atoms with Crippen LogP contribution in [0.2, 0.25) is 5.02 Å². The monoisotopic (exact) mass is 496 g/mol. The fourth-order valence-electron chi connectivity index (χ4n) is 3.56. The minimum atomic E-state index is -4.44. The summed E-state index contributed by atoms with van der Waals surface area (Å²) in [6.07, 6.45) is -2.94. The molecule has 0 aliphatic carbocycles. The summed E-state index contributed by atoms with van der Waals surface area (Å²) in [6.45, 7) is -0.0403. The van der Waals surface area contributed by atoms with Gasteiger partial charge in [0.2, 0.25) is 5.65 Å². The fourth-order valence-corrected chi connectivity index (χ4v) is 3.68. The van der Waals surface area contributed by atoms with Crippen molar-refractivity contribution < 1.29 is 17.9 Å². The SMILES string of the molecule is O=c1n(Cc2ccc(C(F)(F)F)cc2)nc2c(Oc3ccccc3)c(-c3ccc(Cl)cc3)cnn12. The molecule has 0 amide bonds. The zero-order valence-electron chi connectivity index (χ0n) is 17.9. The Labute approximate surface area is 201 Å². The Hall–Kier alpha value is -4.11. The van der Waals surface area contributed by atoms with Crippen LogP contribution < -0.4 is 10.4 Å². The van der Waals surface area contributed by atoms with Gasteiger partial charge in [-0.3, -0.25) is 0 Å². The molecule has 5 rings (SSSR count). The van der Waals surface area contributed by atoms with Gasteiger partial charge in [-0.05, 0) is 47.5 Å². The number of fused-ring (bicyclic) bond motifs is 1. The third-order valence-corrected chi connectivity index (χ3v) is 5.55. The van der Waals surface area contributed by atoms with E-state index in [4.69, 9.17) is 16.3 Å². The normalized spacial score (nSPS) is 11.7. The van der Waals surface area contributed by atoms with Crippen LogP contribution in [-0.4, -0.2) is 19.4 Å². The maximum atomic E-state index is 13.0. The van der Waals surface area contributed by atoms with Crippen LogP contribution in [0.3, 0.4) is 0 Å². The zero-order valence-corrected chi connectivity index (χ0v) is 18.7. The number of hydrogen-bond acceptors (Lipinski definition) is 4. The highest BCUT2D eigenvalue weighted by atomic mass is 35.5. The van der Waals surface area contributed by atoms with E-state index in [2.05, 4.69) is 10.2 Å². The van der Waals surface area contributed by atoms with Gasteiger partial charge in [-0.1, -0.05) is 54.1 Å². The molecule has 6 nitrogen and oxygen atoms in total. The quantitative estimate of drug-likeness (QED) is 0.296. The van der Waals surface area contributed by atoms with Crippen molar-refractivity contribution >= 4 is 17.2 Å². The average molecular weight is 497 g/mol. The summed E-state index contributed by atoms with van der Waals surface area (Å²) in [5.74, 6) is 0.831. The number of para-hydroxylation sites is 1. The van der Waals surface area contributed by atoms with Crippen LogP contribution in [0.1, 0.15) is 11.1 Å². The van der Waals surface area contributed by atoms with Gasteiger partial charge in [0.1, 0.15) is 5.75 Å². The predicted molar refractivity (Wildman–Crippen MR) is 125 cm³/mol. The lowest BCUT2D eigenvalue weighted by Crippen LogP contribution is -2.23. The van der Waals surface area contributed by atoms with Gasteiger partial charge < -0.3 is 4.74 Å². The first-order chi connectivity index (χ1) is 16.8. The Kier molecular flexibility index (Phi) is 5.78. The van der Waals surface area contributed by atoms with Crippen molar-refractivity contribution in [2.45, 2.75) is 12.7 Å². The highest BCUT2D eigenvalue weighted by Crippen LogP contribution is 2.36. The Balaban J connectivity index is 1.60. The van der Waals surface area contributed by atoms with Gasteiger partial charge in [-0.15, -0.1) is 5.10 Å². The first kappa shape index (κ1) is 22.7. The topological polar surface area (TPSA) is 61.4 Å². The van der Waals surface area contributed by atoms with Gasteiger partial charge in [-0.25, -0.2) is 9.48 Å². The first-order valence-corrected chi connectivity index (χ1v) is 10.8. The summed E-state index contributed by atoms with van der Waals surface area (Å²) < 4.78 is 47.0. The number of aromatic nitrogens is 4. The summed E-state index contributed by atoms with van der Waals surface area (Å²) >= 11 is 6.03. The molecule has 0 unspecified atom stereocenters. The molecule has 2 heterocycles. The second-order valence-corrected chi connectivity index (χ2v) is 8.12. The molecular formula is C25H16ClF3N4O2. The summed E-state index contributed by atoms with van der Waals surface area (Å²) in [7, 11) is 0. The lowest BCUT2D eigenvalue weighted by molar-refractivity contribution is -0.137. The molecule has 0 saturated carbocycles. The molecule has 5 aromatic rings. The second kappa shape index (κ2) is 8.92. The van der Waals surface area contributed by atoms with Gasteiger partial charge >= 0.3 is 11.9 Å². The van der Waals surface area contributed by atoms with Crippen LogP contribution in [-0.2, 0) is 12.7 Å². The van der Waals surface area contributed by atoms with Crippen molar-refractivity contribution in [2.75, 3.05) is 0 Å². The van der Waals surface area contributed by atoms with E-state index in [1.54, 1.807) is 36.4 Å². The van der Waals surface area contributed by atoms with Crippen molar-refractivity contribution in [2.24, 2.45) is 0 Å². The molecule has 3 aromatic carbocycles. The van der Waals surface area contributed by atoms with Crippen molar-refractivity contribution in [3.05, 3.63) is 112 Å². The van der Waals surface area contributed by atoms with Crippen LogP contribution in [0.15, 0.2) is 89.9 Å². The molecule has 35 heavy (non-hydrogen) atoms. The van der Waals surface area contributed by atoms with Crippen LogP contribution in [0.25, 0.3) is 16.8 Å². The smallest absolute Gasteiger partial charge is 0.416 e. The zero-order chi connectivity index (χ0) is 24.6. The lowest BCUT2D eigenvalue weighted by Gasteiger charge is -2.11. The number of benzene rings is 3. The van der Waals surface area contributed by atoms with Crippen molar-refractivity contribution in [1.82, 2.24) is 19.4 Å². The van der Waals surface area contributed by atoms with Crippen LogP contribution in [0.4, 0.5) is 13.2 Å². The van der Waals surface area contributed by atoms with Gasteiger partial charge in [0, 0.05) is 10.6 Å². The molecule has 0 atom stereocenters. The Morgan fingerprint density at radius 3 is 2.26 bits per heavy atom. The number of alkyl halides is 3. The molecule has 0 spiro atoms. The van der Waals surface area contributed by atoms with Gasteiger partial charge in [-0.2, -0.15) is 22.8 Å². The molecule has 0 bridgehead atoms. The van der Waals surface area contributed by atoms with E-state index in [9.17, 15) is 18.0 Å². The predicted octanol–water partition coefficient (Wildman–Crippen LogP) is 6.07. The molecule has 0 fully saturated rings. The van der Waals surface area contributed by atoms with Crippen LogP contribution in [0, 0.1) is 0 Å². The average Bonchev–Trinajstić information content (AvgIpc) is 3.16. The minimum absolute atomic E-state index is 0.0403. The fraction of sp³-hybridized carbons (Fsp3) is 0.0800.